The SMILES string of the molecule is Cc1ccccc1CNC(=O)COC(=O)c1ccc2nc(Cl)ccc2c1. The number of esters is 1. The molecule has 1 aromatic heterocycles. The summed E-state index contributed by atoms with van der Waals surface area (Å²) in [5.74, 6) is -0.913. The van der Waals surface area contributed by atoms with E-state index in [9.17, 15) is 9.59 Å². The van der Waals surface area contributed by atoms with Crippen molar-refractivity contribution in [2.45, 2.75) is 13.5 Å². The van der Waals surface area contributed by atoms with Crippen LogP contribution in [0.1, 0.15) is 21.5 Å². The molecule has 1 heterocycles. The Morgan fingerprint density at radius 2 is 1.92 bits per heavy atom. The molecule has 0 aliphatic rings. The fourth-order valence-electron chi connectivity index (χ4n) is 2.50. The highest BCUT2D eigenvalue weighted by Gasteiger charge is 2.11. The van der Waals surface area contributed by atoms with E-state index in [0.29, 0.717) is 22.8 Å². The molecule has 0 unspecified atom stereocenters. The monoisotopic (exact) mass is 368 g/mol. The van der Waals surface area contributed by atoms with Crippen molar-refractivity contribution in [3.63, 3.8) is 0 Å². The molecular weight excluding hydrogens is 352 g/mol. The first-order valence-electron chi connectivity index (χ1n) is 8.07. The van der Waals surface area contributed by atoms with Crippen molar-refractivity contribution in [2.75, 3.05) is 6.61 Å². The summed E-state index contributed by atoms with van der Waals surface area (Å²) in [5.41, 5.74) is 3.15. The van der Waals surface area contributed by atoms with E-state index in [4.69, 9.17) is 16.3 Å². The Labute approximate surface area is 156 Å². The maximum atomic E-state index is 12.1. The first kappa shape index (κ1) is 17.9. The number of ether oxygens (including phenoxy) is 1. The predicted molar refractivity (Wildman–Crippen MR) is 100 cm³/mol. The van der Waals surface area contributed by atoms with Gasteiger partial charge in [0.15, 0.2) is 6.61 Å². The molecule has 2 aromatic carbocycles. The van der Waals surface area contributed by atoms with Crippen molar-refractivity contribution >= 4 is 34.4 Å². The third-order valence-electron chi connectivity index (χ3n) is 3.96. The van der Waals surface area contributed by atoms with Gasteiger partial charge in [0.2, 0.25) is 0 Å². The predicted octanol–water partition coefficient (Wildman–Crippen LogP) is 3.67. The van der Waals surface area contributed by atoms with Crippen LogP contribution in [0.15, 0.2) is 54.6 Å². The molecule has 5 nitrogen and oxygen atoms in total. The maximum Gasteiger partial charge on any atom is 0.338 e. The lowest BCUT2D eigenvalue weighted by Crippen LogP contribution is -2.28. The van der Waals surface area contributed by atoms with E-state index in [0.717, 1.165) is 16.5 Å². The molecule has 132 valence electrons. The second kappa shape index (κ2) is 7.97. The number of nitrogens with one attached hydrogen (secondary N) is 1. The van der Waals surface area contributed by atoms with Crippen LogP contribution in [0, 0.1) is 6.92 Å². The van der Waals surface area contributed by atoms with Crippen LogP contribution >= 0.6 is 11.6 Å². The number of amides is 1. The summed E-state index contributed by atoms with van der Waals surface area (Å²) in [6.45, 7) is 2.04. The van der Waals surface area contributed by atoms with Crippen LogP contribution in [0.2, 0.25) is 5.15 Å². The van der Waals surface area contributed by atoms with Crippen molar-refractivity contribution in [1.29, 1.82) is 0 Å². The lowest BCUT2D eigenvalue weighted by molar-refractivity contribution is -0.124. The lowest BCUT2D eigenvalue weighted by atomic mass is 10.1. The number of halogens is 1. The minimum absolute atomic E-state index is 0.332. The number of hydrogen-bond donors (Lipinski definition) is 1. The normalized spacial score (nSPS) is 10.5. The van der Waals surface area contributed by atoms with E-state index in [1.807, 2.05) is 31.2 Å². The Morgan fingerprint density at radius 3 is 2.73 bits per heavy atom. The number of benzene rings is 2. The third-order valence-corrected chi connectivity index (χ3v) is 4.17. The molecule has 0 spiro atoms. The van der Waals surface area contributed by atoms with Gasteiger partial charge in [0.05, 0.1) is 11.1 Å². The molecule has 0 bridgehead atoms. The summed E-state index contributed by atoms with van der Waals surface area (Å²) in [6.07, 6.45) is 0. The summed E-state index contributed by atoms with van der Waals surface area (Å²) >= 11 is 5.84. The Morgan fingerprint density at radius 1 is 1.12 bits per heavy atom. The number of pyridine rings is 1. The smallest absolute Gasteiger partial charge is 0.338 e. The summed E-state index contributed by atoms with van der Waals surface area (Å²) < 4.78 is 5.08. The van der Waals surface area contributed by atoms with Crippen LogP contribution in [0.5, 0.6) is 0 Å². The molecule has 0 radical (unpaired) electrons. The van der Waals surface area contributed by atoms with Crippen molar-refractivity contribution in [2.24, 2.45) is 0 Å². The molecule has 1 N–H and O–H groups in total. The highest BCUT2D eigenvalue weighted by molar-refractivity contribution is 6.29. The van der Waals surface area contributed by atoms with E-state index in [2.05, 4.69) is 10.3 Å². The molecule has 0 saturated carbocycles. The second-order valence-corrected chi connectivity index (χ2v) is 6.21. The van der Waals surface area contributed by atoms with Crippen LogP contribution in [-0.2, 0) is 16.1 Å². The topological polar surface area (TPSA) is 68.3 Å². The van der Waals surface area contributed by atoms with Crippen LogP contribution < -0.4 is 5.32 Å². The van der Waals surface area contributed by atoms with E-state index < -0.39 is 5.97 Å². The van der Waals surface area contributed by atoms with Gasteiger partial charge in [-0.2, -0.15) is 0 Å². The Kier molecular flexibility index (Phi) is 5.49. The van der Waals surface area contributed by atoms with Gasteiger partial charge in [0, 0.05) is 11.9 Å². The number of rotatable bonds is 5. The van der Waals surface area contributed by atoms with Gasteiger partial charge in [-0.15, -0.1) is 0 Å². The average Bonchev–Trinajstić information content (AvgIpc) is 2.65. The molecule has 26 heavy (non-hydrogen) atoms. The Balaban J connectivity index is 1.55. The van der Waals surface area contributed by atoms with Gasteiger partial charge in [-0.1, -0.05) is 35.9 Å². The zero-order valence-electron chi connectivity index (χ0n) is 14.2. The van der Waals surface area contributed by atoms with Crippen molar-refractivity contribution in [3.05, 3.63) is 76.4 Å². The average molecular weight is 369 g/mol. The summed E-state index contributed by atoms with van der Waals surface area (Å²) in [6, 6.07) is 16.1. The molecule has 3 aromatic rings. The van der Waals surface area contributed by atoms with Crippen LogP contribution in [0.25, 0.3) is 10.9 Å². The van der Waals surface area contributed by atoms with E-state index in [1.54, 1.807) is 30.3 Å². The van der Waals surface area contributed by atoms with Crippen molar-refractivity contribution in [3.8, 4) is 0 Å². The van der Waals surface area contributed by atoms with Crippen LogP contribution in [-0.4, -0.2) is 23.5 Å². The molecule has 0 aliphatic carbocycles. The van der Waals surface area contributed by atoms with E-state index >= 15 is 0 Å². The summed E-state index contributed by atoms with van der Waals surface area (Å²) in [4.78, 5) is 28.2. The zero-order chi connectivity index (χ0) is 18.5. The third kappa shape index (κ3) is 4.37. The molecule has 0 aliphatic heterocycles. The number of aryl methyl sites for hydroxylation is 1. The van der Waals surface area contributed by atoms with Gasteiger partial charge in [-0.3, -0.25) is 4.79 Å². The largest absolute Gasteiger partial charge is 0.452 e. The number of hydrogen-bond acceptors (Lipinski definition) is 4. The molecule has 0 saturated heterocycles. The Hall–Kier alpha value is -2.92. The first-order chi connectivity index (χ1) is 12.5. The Bertz CT molecular complexity index is 972. The van der Waals surface area contributed by atoms with Gasteiger partial charge in [-0.05, 0) is 48.4 Å². The highest BCUT2D eigenvalue weighted by Crippen LogP contribution is 2.17. The fraction of sp³-hybridized carbons (Fsp3) is 0.150. The molecule has 3 rings (SSSR count). The van der Waals surface area contributed by atoms with Gasteiger partial charge in [0.1, 0.15) is 5.15 Å². The van der Waals surface area contributed by atoms with Crippen LogP contribution in [0.3, 0.4) is 0 Å². The van der Waals surface area contributed by atoms with Crippen LogP contribution in [0.4, 0.5) is 0 Å². The van der Waals surface area contributed by atoms with E-state index in [-0.39, 0.29) is 12.5 Å². The lowest BCUT2D eigenvalue weighted by Gasteiger charge is -2.09. The number of fused-ring (bicyclic) bond motifs is 1. The molecular formula is C20H17ClN2O3. The quantitative estimate of drug-likeness (QED) is 0.551. The van der Waals surface area contributed by atoms with Gasteiger partial charge in [0.25, 0.3) is 5.91 Å². The van der Waals surface area contributed by atoms with Crippen molar-refractivity contribution < 1.29 is 14.3 Å². The summed E-state index contributed by atoms with van der Waals surface area (Å²) in [5, 5.41) is 3.90. The molecule has 1 amide bonds. The zero-order valence-corrected chi connectivity index (χ0v) is 14.9. The second-order valence-electron chi connectivity index (χ2n) is 5.82. The molecule has 0 atom stereocenters. The number of nitrogens with zero attached hydrogens (tertiary/aromatic N) is 1. The highest BCUT2D eigenvalue weighted by atomic mass is 35.5. The number of carbonyl (C=O) groups is 2. The molecule has 0 fully saturated rings. The molecule has 6 heteroatoms. The fourth-order valence-corrected chi connectivity index (χ4v) is 2.65. The van der Waals surface area contributed by atoms with Gasteiger partial charge >= 0.3 is 5.97 Å². The first-order valence-corrected chi connectivity index (χ1v) is 8.45. The summed E-state index contributed by atoms with van der Waals surface area (Å²) in [7, 11) is 0. The number of aromatic nitrogens is 1. The van der Waals surface area contributed by atoms with Gasteiger partial charge in [-0.25, -0.2) is 9.78 Å². The van der Waals surface area contributed by atoms with Gasteiger partial charge < -0.3 is 10.1 Å². The van der Waals surface area contributed by atoms with E-state index in [1.165, 1.54) is 0 Å². The minimum atomic E-state index is -0.562. The van der Waals surface area contributed by atoms with Crippen molar-refractivity contribution in [1.82, 2.24) is 10.3 Å². The maximum absolute atomic E-state index is 12.1. The minimum Gasteiger partial charge on any atom is -0.452 e. The number of carbonyl (C=O) groups excluding carboxylic acids is 2. The standard InChI is InChI=1S/C20H17ClN2O3/c1-13-4-2-3-5-16(13)11-22-19(24)12-26-20(25)15-6-8-17-14(10-15)7-9-18(21)23-17/h2-10H,11-12H2,1H3,(H,22,24).